The van der Waals surface area contributed by atoms with Crippen LogP contribution in [-0.2, 0) is 4.79 Å². The first-order chi connectivity index (χ1) is 20.9. The maximum absolute atomic E-state index is 12.9. The molecule has 44 heavy (non-hydrogen) atoms. The number of rotatable bonds is 9. The van der Waals surface area contributed by atoms with Crippen molar-refractivity contribution < 1.29 is 19.5 Å². The largest absolute Gasteiger partial charge is 0.393 e. The lowest BCUT2D eigenvalue weighted by Crippen LogP contribution is -2.51. The van der Waals surface area contributed by atoms with Crippen molar-refractivity contribution in [3.05, 3.63) is 59.2 Å². The topological polar surface area (TPSA) is 120 Å². The third-order valence-corrected chi connectivity index (χ3v) is 11.7. The lowest BCUT2D eigenvalue weighted by Gasteiger charge is -2.58. The zero-order valence-electron chi connectivity index (χ0n) is 26.9. The molecule has 1 aromatic carbocycles. The van der Waals surface area contributed by atoms with Crippen molar-refractivity contribution in [1.29, 1.82) is 0 Å². The quantitative estimate of drug-likeness (QED) is 0.168. The number of benzene rings is 1. The van der Waals surface area contributed by atoms with Gasteiger partial charge in [0.1, 0.15) is 0 Å². The summed E-state index contributed by atoms with van der Waals surface area (Å²) in [4.78, 5) is 36.8. The smallest absolute Gasteiger partial charge is 0.271 e. The van der Waals surface area contributed by atoms with E-state index in [9.17, 15) is 19.5 Å². The number of hydrazone groups is 1. The summed E-state index contributed by atoms with van der Waals surface area (Å²) in [7, 11) is 0. The van der Waals surface area contributed by atoms with Gasteiger partial charge in [-0.3, -0.25) is 14.4 Å². The third-order valence-electron chi connectivity index (χ3n) is 11.7. The second-order valence-electron chi connectivity index (χ2n) is 14.2. The zero-order chi connectivity index (χ0) is 31.6. The Hall–Kier alpha value is -3.26. The molecule has 0 aromatic heterocycles. The van der Waals surface area contributed by atoms with Crippen LogP contribution in [0.5, 0.6) is 0 Å². The Kier molecular flexibility index (Phi) is 9.49. The van der Waals surface area contributed by atoms with E-state index >= 15 is 0 Å². The molecule has 1 aromatic rings. The average Bonchev–Trinajstić information content (AvgIpc) is 3.37. The van der Waals surface area contributed by atoms with E-state index in [1.165, 1.54) is 31.3 Å². The highest BCUT2D eigenvalue weighted by Crippen LogP contribution is 2.67. The maximum atomic E-state index is 12.9. The number of allylic oxidation sites excluding steroid dienone is 2. The molecule has 7 unspecified atom stereocenters. The van der Waals surface area contributed by atoms with E-state index in [4.69, 9.17) is 0 Å². The summed E-state index contributed by atoms with van der Waals surface area (Å²) in [5.74, 6) is 1.84. The summed E-state index contributed by atoms with van der Waals surface area (Å²) in [5, 5.41) is 20.6. The first kappa shape index (κ1) is 32.1. The van der Waals surface area contributed by atoms with Gasteiger partial charge in [0.05, 0.1) is 11.8 Å². The molecule has 0 heterocycles. The van der Waals surface area contributed by atoms with Crippen LogP contribution in [-0.4, -0.2) is 47.7 Å². The number of carbonyl (C=O) groups is 3. The normalized spacial score (nSPS) is 32.4. The number of nitrogens with one attached hydrogen (secondary N) is 3. The first-order valence-corrected chi connectivity index (χ1v) is 16.5. The Bertz CT molecular complexity index is 1350. The van der Waals surface area contributed by atoms with Crippen molar-refractivity contribution in [3.63, 3.8) is 0 Å². The lowest BCUT2D eigenvalue weighted by molar-refractivity contribution is -0.117. The van der Waals surface area contributed by atoms with Crippen molar-refractivity contribution in [1.82, 2.24) is 16.1 Å². The van der Waals surface area contributed by atoms with Gasteiger partial charge in [0.25, 0.3) is 11.8 Å². The summed E-state index contributed by atoms with van der Waals surface area (Å²) in [6.07, 6.45) is 11.7. The van der Waals surface area contributed by atoms with Gasteiger partial charge in [-0.15, -0.1) is 0 Å². The van der Waals surface area contributed by atoms with Gasteiger partial charge in [-0.1, -0.05) is 26.0 Å². The van der Waals surface area contributed by atoms with Gasteiger partial charge >= 0.3 is 0 Å². The molecule has 4 N–H and O–H groups in total. The number of carbonyl (C=O) groups excluding carboxylic acids is 3. The van der Waals surface area contributed by atoms with Crippen molar-refractivity contribution in [3.8, 4) is 0 Å². The Balaban J connectivity index is 1.14. The van der Waals surface area contributed by atoms with Crippen LogP contribution < -0.4 is 16.1 Å². The molecule has 3 amide bonds. The van der Waals surface area contributed by atoms with E-state index in [2.05, 4.69) is 47.7 Å². The number of aliphatic hydroxyl groups excluding tert-OH is 1. The van der Waals surface area contributed by atoms with Gasteiger partial charge in [0.15, 0.2) is 0 Å². The van der Waals surface area contributed by atoms with E-state index in [-0.39, 0.29) is 34.7 Å². The number of nitrogens with zero attached hydrogens (tertiary/aromatic N) is 1. The number of aliphatic hydroxyl groups is 1. The van der Waals surface area contributed by atoms with E-state index in [0.29, 0.717) is 54.0 Å². The lowest BCUT2D eigenvalue weighted by atomic mass is 9.46. The highest BCUT2D eigenvalue weighted by atomic mass is 16.3. The number of hydrogen-bond acceptors (Lipinski definition) is 5. The minimum atomic E-state index is -0.298. The van der Waals surface area contributed by atoms with Crippen LogP contribution in [0.4, 0.5) is 0 Å². The Morgan fingerprint density at radius 3 is 2.32 bits per heavy atom. The van der Waals surface area contributed by atoms with Crippen LogP contribution in [0.25, 0.3) is 0 Å². The van der Waals surface area contributed by atoms with Crippen LogP contribution >= 0.6 is 0 Å². The molecule has 0 bridgehead atoms. The summed E-state index contributed by atoms with van der Waals surface area (Å²) < 4.78 is 0. The molecule has 8 heteroatoms. The Morgan fingerprint density at radius 2 is 1.64 bits per heavy atom. The molecule has 0 aliphatic heterocycles. The molecule has 238 valence electrons. The summed E-state index contributed by atoms with van der Waals surface area (Å²) in [6.45, 7) is 13.0. The SMILES string of the molecule is C=C(C)C(=O)NCCCNC(=O)c1ccc(C(=O)N/N=C2/C=C3CCC4C(CCC5(C)C(C(C)O)CCC45)C3(C)CC2)cc1. The molecule has 0 saturated heterocycles. The molecule has 4 aliphatic carbocycles. The van der Waals surface area contributed by atoms with Crippen molar-refractivity contribution in [2.45, 2.75) is 91.6 Å². The second kappa shape index (κ2) is 13.0. The van der Waals surface area contributed by atoms with Gasteiger partial charge < -0.3 is 15.7 Å². The fraction of sp³-hybridized carbons (Fsp3) is 0.611. The molecule has 3 fully saturated rings. The van der Waals surface area contributed by atoms with Crippen molar-refractivity contribution in [2.75, 3.05) is 13.1 Å². The van der Waals surface area contributed by atoms with Crippen molar-refractivity contribution >= 4 is 23.4 Å². The fourth-order valence-electron chi connectivity index (χ4n) is 9.20. The second-order valence-corrected chi connectivity index (χ2v) is 14.2. The number of fused-ring (bicyclic) bond motifs is 5. The molecular weight excluding hydrogens is 552 g/mol. The van der Waals surface area contributed by atoms with Crippen LogP contribution in [0.3, 0.4) is 0 Å². The van der Waals surface area contributed by atoms with E-state index < -0.39 is 0 Å². The Labute approximate surface area is 262 Å². The molecule has 0 spiro atoms. The monoisotopic (exact) mass is 602 g/mol. The van der Waals surface area contributed by atoms with Crippen molar-refractivity contribution in [2.24, 2.45) is 39.6 Å². The van der Waals surface area contributed by atoms with Gasteiger partial charge in [0.2, 0.25) is 5.91 Å². The van der Waals surface area contributed by atoms with Crippen LogP contribution in [0, 0.1) is 34.5 Å². The summed E-state index contributed by atoms with van der Waals surface area (Å²) in [5.41, 5.74) is 6.97. The maximum Gasteiger partial charge on any atom is 0.271 e. The summed E-state index contributed by atoms with van der Waals surface area (Å²) in [6, 6.07) is 6.54. The minimum Gasteiger partial charge on any atom is -0.393 e. The van der Waals surface area contributed by atoms with Gasteiger partial charge in [-0.2, -0.15) is 5.10 Å². The Morgan fingerprint density at radius 1 is 0.955 bits per heavy atom. The van der Waals surface area contributed by atoms with Gasteiger partial charge in [-0.05, 0) is 136 Å². The molecule has 0 radical (unpaired) electrons. The summed E-state index contributed by atoms with van der Waals surface area (Å²) >= 11 is 0. The molecule has 4 aliphatic rings. The van der Waals surface area contributed by atoms with Crippen LogP contribution in [0.1, 0.15) is 106 Å². The van der Waals surface area contributed by atoms with E-state index in [1.54, 1.807) is 31.2 Å². The number of hydrogen-bond donors (Lipinski definition) is 4. The standard InChI is InChI=1S/C36H50N4O4/c1-22(2)32(42)37-19-6-20-38-33(43)24-7-9-25(10-8-24)34(44)40-39-27-15-17-35(4)26(21-27)11-12-28-30-14-13-29(23(3)41)36(30,5)18-16-31(28)35/h7-10,21,23,28-31,41H,1,6,11-20H2,2-5H3,(H,37,42)(H,38,43)(H,40,44)/b39-27+. The molecule has 5 rings (SSSR count). The van der Waals surface area contributed by atoms with E-state index in [1.807, 2.05) is 6.92 Å². The van der Waals surface area contributed by atoms with Crippen LogP contribution in [0.2, 0.25) is 0 Å². The van der Waals surface area contributed by atoms with E-state index in [0.717, 1.165) is 37.3 Å². The minimum absolute atomic E-state index is 0.186. The first-order valence-electron chi connectivity index (χ1n) is 16.5. The fourth-order valence-corrected chi connectivity index (χ4v) is 9.20. The highest BCUT2D eigenvalue weighted by Gasteiger charge is 2.59. The molecular formula is C36H50N4O4. The van der Waals surface area contributed by atoms with Crippen LogP contribution in [0.15, 0.2) is 53.2 Å². The number of amides is 3. The zero-order valence-corrected chi connectivity index (χ0v) is 26.9. The predicted molar refractivity (Wildman–Crippen MR) is 173 cm³/mol. The molecule has 3 saturated carbocycles. The predicted octanol–water partition coefficient (Wildman–Crippen LogP) is 5.54. The van der Waals surface area contributed by atoms with Gasteiger partial charge in [0, 0.05) is 29.8 Å². The molecule has 7 atom stereocenters. The van der Waals surface area contributed by atoms with Gasteiger partial charge in [-0.25, -0.2) is 5.43 Å². The third kappa shape index (κ3) is 6.28. The molecule has 8 nitrogen and oxygen atoms in total. The highest BCUT2D eigenvalue weighted by molar-refractivity contribution is 6.00. The average molecular weight is 603 g/mol.